The number of sulfonamides is 1. The van der Waals surface area contributed by atoms with Crippen molar-refractivity contribution in [2.75, 3.05) is 26.0 Å². The third-order valence-electron chi connectivity index (χ3n) is 6.27. The normalized spacial score (nSPS) is 18.0. The van der Waals surface area contributed by atoms with Crippen LogP contribution >= 0.6 is 0 Å². The van der Waals surface area contributed by atoms with Gasteiger partial charge >= 0.3 is 6.18 Å². The summed E-state index contributed by atoms with van der Waals surface area (Å²) >= 11 is 0. The summed E-state index contributed by atoms with van der Waals surface area (Å²) in [5.74, 6) is 0.560. The molecule has 2 aliphatic rings. The summed E-state index contributed by atoms with van der Waals surface area (Å²) in [4.78, 5) is 6.37. The lowest BCUT2D eigenvalue weighted by Crippen LogP contribution is -2.39. The molecule has 34 heavy (non-hydrogen) atoms. The van der Waals surface area contributed by atoms with Crippen molar-refractivity contribution in [1.82, 2.24) is 14.2 Å². The fourth-order valence-electron chi connectivity index (χ4n) is 4.37. The molecule has 1 saturated heterocycles. The van der Waals surface area contributed by atoms with Gasteiger partial charge in [0.25, 0.3) is 0 Å². The minimum absolute atomic E-state index is 0.189. The number of ether oxygens (including phenoxy) is 1. The van der Waals surface area contributed by atoms with Crippen LogP contribution in [-0.2, 0) is 35.8 Å². The molecule has 3 heterocycles. The number of nitriles is 1. The first-order chi connectivity index (χ1) is 16.0. The van der Waals surface area contributed by atoms with Crippen LogP contribution in [0.5, 0.6) is 5.75 Å². The number of piperidine rings is 1. The molecule has 2 aliphatic heterocycles. The second kappa shape index (κ2) is 9.52. The van der Waals surface area contributed by atoms with Gasteiger partial charge in [-0.25, -0.2) is 12.7 Å². The molecule has 4 rings (SSSR count). The van der Waals surface area contributed by atoms with Crippen molar-refractivity contribution in [1.29, 1.82) is 5.26 Å². The van der Waals surface area contributed by atoms with Crippen molar-refractivity contribution < 1.29 is 26.3 Å². The summed E-state index contributed by atoms with van der Waals surface area (Å²) in [5.41, 5.74) is 1.83. The molecular weight excluding hydrogens is 469 g/mol. The summed E-state index contributed by atoms with van der Waals surface area (Å²) in [7, 11) is -3.18. The molecular formula is C23H25F3N4O3S. The van der Waals surface area contributed by atoms with E-state index in [2.05, 4.69) is 11.1 Å². The Kier molecular flexibility index (Phi) is 6.85. The first-order valence-corrected chi connectivity index (χ1v) is 12.8. The van der Waals surface area contributed by atoms with Gasteiger partial charge in [0.05, 0.1) is 35.9 Å². The van der Waals surface area contributed by atoms with Gasteiger partial charge in [0.1, 0.15) is 6.07 Å². The summed E-state index contributed by atoms with van der Waals surface area (Å²) < 4.78 is 69.5. The molecule has 0 N–H and O–H groups in total. The van der Waals surface area contributed by atoms with Crippen LogP contribution in [0.2, 0.25) is 0 Å². The molecule has 2 aromatic rings. The lowest BCUT2D eigenvalue weighted by molar-refractivity contribution is -0.137. The van der Waals surface area contributed by atoms with Crippen LogP contribution in [0.25, 0.3) is 0 Å². The lowest BCUT2D eigenvalue weighted by Gasteiger charge is -2.30. The van der Waals surface area contributed by atoms with Crippen LogP contribution in [-0.4, -0.2) is 48.6 Å². The van der Waals surface area contributed by atoms with Gasteiger partial charge in [-0.15, -0.1) is 0 Å². The number of rotatable bonds is 6. The first kappa shape index (κ1) is 24.4. The van der Waals surface area contributed by atoms with Crippen LogP contribution in [0, 0.1) is 17.2 Å². The Morgan fingerprint density at radius 1 is 1.18 bits per heavy atom. The molecule has 0 radical (unpaired) electrons. The largest absolute Gasteiger partial charge is 0.490 e. The predicted octanol–water partition coefficient (Wildman–Crippen LogP) is 3.54. The number of halogens is 3. The quantitative estimate of drug-likeness (QED) is 0.611. The molecule has 11 heteroatoms. The third-order valence-corrected chi connectivity index (χ3v) is 7.57. The Morgan fingerprint density at radius 2 is 1.88 bits per heavy atom. The Balaban J connectivity index is 1.34. The minimum Gasteiger partial charge on any atom is -0.490 e. The van der Waals surface area contributed by atoms with E-state index < -0.39 is 21.8 Å². The van der Waals surface area contributed by atoms with Crippen LogP contribution in [0.3, 0.4) is 0 Å². The number of alkyl halides is 3. The van der Waals surface area contributed by atoms with Crippen LogP contribution < -0.4 is 4.74 Å². The van der Waals surface area contributed by atoms with Gasteiger partial charge in [-0.1, -0.05) is 6.07 Å². The number of nitrogens with zero attached hydrogens (tertiary/aromatic N) is 4. The topological polar surface area (TPSA) is 86.5 Å². The Morgan fingerprint density at radius 3 is 2.53 bits per heavy atom. The van der Waals surface area contributed by atoms with Gasteiger partial charge in [0, 0.05) is 32.7 Å². The maximum absolute atomic E-state index is 13.0. The van der Waals surface area contributed by atoms with Gasteiger partial charge < -0.3 is 4.74 Å². The zero-order chi connectivity index (χ0) is 24.5. The van der Waals surface area contributed by atoms with Crippen molar-refractivity contribution in [2.45, 2.75) is 38.7 Å². The highest BCUT2D eigenvalue weighted by Crippen LogP contribution is 2.33. The average molecular weight is 495 g/mol. The Hall–Kier alpha value is -2.68. The van der Waals surface area contributed by atoms with Gasteiger partial charge in [-0.3, -0.25) is 9.88 Å². The van der Waals surface area contributed by atoms with E-state index in [1.165, 1.54) is 28.9 Å². The van der Waals surface area contributed by atoms with Gasteiger partial charge in [0.2, 0.25) is 10.0 Å². The highest BCUT2D eigenvalue weighted by molar-refractivity contribution is 7.88. The highest BCUT2D eigenvalue weighted by Gasteiger charge is 2.32. The Labute approximate surface area is 196 Å². The van der Waals surface area contributed by atoms with E-state index in [4.69, 9.17) is 4.74 Å². The lowest BCUT2D eigenvalue weighted by atomic mass is 9.99. The summed E-state index contributed by atoms with van der Waals surface area (Å²) in [6.07, 6.45) is -0.286. The fourth-order valence-corrected chi connectivity index (χ4v) is 5.25. The molecule has 0 saturated carbocycles. The SMILES string of the molecule is CS(=O)(=O)N1CCC(COc2cnc(CN3Cc4ccc(C(F)(F)F)cc4C3)cc2C#N)CC1. The fraction of sp³-hybridized carbons (Fsp3) is 0.478. The second-order valence-electron chi connectivity index (χ2n) is 8.83. The zero-order valence-electron chi connectivity index (χ0n) is 18.7. The smallest absolute Gasteiger partial charge is 0.416 e. The van der Waals surface area contributed by atoms with E-state index in [1.807, 2.05) is 4.90 Å². The van der Waals surface area contributed by atoms with E-state index >= 15 is 0 Å². The number of fused-ring (bicyclic) bond motifs is 1. The monoisotopic (exact) mass is 494 g/mol. The van der Waals surface area contributed by atoms with Crippen molar-refractivity contribution in [3.8, 4) is 11.8 Å². The van der Waals surface area contributed by atoms with E-state index in [-0.39, 0.29) is 5.92 Å². The molecule has 0 spiro atoms. The minimum atomic E-state index is -4.37. The number of pyridine rings is 1. The number of hydrogen-bond acceptors (Lipinski definition) is 6. The van der Waals surface area contributed by atoms with Crippen LogP contribution in [0.4, 0.5) is 13.2 Å². The molecule has 0 unspecified atom stereocenters. The third kappa shape index (κ3) is 5.68. The maximum Gasteiger partial charge on any atom is 0.416 e. The molecule has 7 nitrogen and oxygen atoms in total. The number of benzene rings is 1. The van der Waals surface area contributed by atoms with Gasteiger partial charge in [-0.2, -0.15) is 18.4 Å². The van der Waals surface area contributed by atoms with Crippen molar-refractivity contribution in [3.63, 3.8) is 0 Å². The van der Waals surface area contributed by atoms with Crippen molar-refractivity contribution >= 4 is 10.0 Å². The van der Waals surface area contributed by atoms with Crippen LogP contribution in [0.1, 0.15) is 40.8 Å². The average Bonchev–Trinajstić information content (AvgIpc) is 3.18. The molecule has 182 valence electrons. The summed E-state index contributed by atoms with van der Waals surface area (Å²) in [5, 5.41) is 9.56. The van der Waals surface area contributed by atoms with E-state index in [1.54, 1.807) is 6.07 Å². The Bertz CT molecular complexity index is 1200. The summed E-state index contributed by atoms with van der Waals surface area (Å²) in [6.45, 7) is 2.58. The van der Waals surface area contributed by atoms with E-state index in [0.29, 0.717) is 74.7 Å². The first-order valence-electron chi connectivity index (χ1n) is 10.9. The van der Waals surface area contributed by atoms with E-state index in [0.717, 1.165) is 11.6 Å². The maximum atomic E-state index is 13.0. The van der Waals surface area contributed by atoms with Crippen LogP contribution in [0.15, 0.2) is 30.5 Å². The van der Waals surface area contributed by atoms with Gasteiger partial charge in [-0.05, 0) is 48.1 Å². The van der Waals surface area contributed by atoms with E-state index in [9.17, 15) is 26.9 Å². The molecule has 1 aromatic carbocycles. The second-order valence-corrected chi connectivity index (χ2v) is 10.8. The number of aromatic nitrogens is 1. The van der Waals surface area contributed by atoms with Gasteiger partial charge in [0.15, 0.2) is 5.75 Å². The zero-order valence-corrected chi connectivity index (χ0v) is 19.5. The molecule has 1 fully saturated rings. The molecule has 1 aromatic heterocycles. The molecule has 0 amide bonds. The molecule has 0 bridgehead atoms. The molecule has 0 atom stereocenters. The summed E-state index contributed by atoms with van der Waals surface area (Å²) in [6, 6.07) is 7.58. The molecule has 0 aliphatic carbocycles. The van der Waals surface area contributed by atoms with Crippen molar-refractivity contribution in [2.24, 2.45) is 5.92 Å². The predicted molar refractivity (Wildman–Crippen MR) is 118 cm³/mol. The highest BCUT2D eigenvalue weighted by atomic mass is 32.2. The van der Waals surface area contributed by atoms with Crippen molar-refractivity contribution in [3.05, 3.63) is 58.4 Å². The number of hydrogen-bond donors (Lipinski definition) is 0. The standard InChI is InChI=1S/C23H25F3N4O3S/c1-34(31,32)30-6-4-16(5-7-30)15-33-22-11-28-21(9-18(22)10-27)14-29-12-17-2-3-20(23(24,25)26)8-19(17)13-29/h2-3,8-9,11,16H,4-7,12-15H2,1H3.